The zero-order valence-electron chi connectivity index (χ0n) is 19.0. The molecule has 2 aromatic rings. The first-order chi connectivity index (χ1) is 15.6. The summed E-state index contributed by atoms with van der Waals surface area (Å²) in [4.78, 5) is 29.4. The van der Waals surface area contributed by atoms with Gasteiger partial charge in [-0.15, -0.1) is 0 Å². The van der Waals surface area contributed by atoms with Gasteiger partial charge in [-0.2, -0.15) is 5.10 Å². The number of H-pyrrole nitrogens is 1. The number of amides is 2. The average Bonchev–Trinajstić information content (AvgIpc) is 3.45. The quantitative estimate of drug-likeness (QED) is 0.764. The van der Waals surface area contributed by atoms with Gasteiger partial charge in [0.05, 0.1) is 24.9 Å². The molecule has 172 valence electrons. The van der Waals surface area contributed by atoms with E-state index in [0.717, 1.165) is 67.9 Å². The molecule has 0 bridgehead atoms. The fourth-order valence-corrected chi connectivity index (χ4v) is 5.06. The number of benzene rings is 1. The van der Waals surface area contributed by atoms with E-state index in [1.165, 1.54) is 0 Å². The van der Waals surface area contributed by atoms with Gasteiger partial charge in [0, 0.05) is 56.8 Å². The number of carbonyl (C=O) groups is 2. The highest BCUT2D eigenvalue weighted by Crippen LogP contribution is 2.31. The zero-order chi connectivity index (χ0) is 22.5. The molecule has 32 heavy (non-hydrogen) atoms. The van der Waals surface area contributed by atoms with Crippen LogP contribution in [0, 0.1) is 5.92 Å². The molecule has 1 aliphatic heterocycles. The number of fused-ring (bicyclic) bond motifs is 1. The van der Waals surface area contributed by atoms with Crippen molar-refractivity contribution in [2.75, 3.05) is 33.3 Å². The van der Waals surface area contributed by atoms with Crippen LogP contribution in [0.3, 0.4) is 0 Å². The van der Waals surface area contributed by atoms with Crippen molar-refractivity contribution in [3.63, 3.8) is 0 Å². The summed E-state index contributed by atoms with van der Waals surface area (Å²) in [5, 5.41) is 10.5. The highest BCUT2D eigenvalue weighted by atomic mass is 16.5. The molecule has 8 heteroatoms. The van der Waals surface area contributed by atoms with Crippen LogP contribution in [0.4, 0.5) is 0 Å². The lowest BCUT2D eigenvalue weighted by Crippen LogP contribution is -2.46. The lowest BCUT2D eigenvalue weighted by molar-refractivity contribution is -0.134. The number of nitrogens with zero attached hydrogens (tertiary/aromatic N) is 3. The molecule has 1 aromatic carbocycles. The summed E-state index contributed by atoms with van der Waals surface area (Å²) >= 11 is 0. The summed E-state index contributed by atoms with van der Waals surface area (Å²) in [6.07, 6.45) is 5.54. The Morgan fingerprint density at radius 3 is 2.72 bits per heavy atom. The second-order valence-corrected chi connectivity index (χ2v) is 8.74. The smallest absolute Gasteiger partial charge is 0.225 e. The fraction of sp³-hybridized carbons (Fsp3) is 0.542. The summed E-state index contributed by atoms with van der Waals surface area (Å²) in [5.41, 5.74) is 3.16. The number of ether oxygens (including phenoxy) is 1. The number of aromatic nitrogens is 2. The summed E-state index contributed by atoms with van der Waals surface area (Å²) in [7, 11) is 1.66. The van der Waals surface area contributed by atoms with Crippen LogP contribution in [0.15, 0.2) is 30.5 Å². The molecule has 1 saturated heterocycles. The number of methoxy groups -OCH3 is 1. The van der Waals surface area contributed by atoms with Crippen molar-refractivity contribution in [1.82, 2.24) is 25.3 Å². The maximum absolute atomic E-state index is 12.8. The van der Waals surface area contributed by atoms with E-state index in [2.05, 4.69) is 20.4 Å². The van der Waals surface area contributed by atoms with Crippen molar-refractivity contribution < 1.29 is 14.3 Å². The maximum atomic E-state index is 12.8. The van der Waals surface area contributed by atoms with Crippen LogP contribution >= 0.6 is 0 Å². The van der Waals surface area contributed by atoms with Crippen molar-refractivity contribution in [2.24, 2.45) is 5.92 Å². The molecule has 0 spiro atoms. The van der Waals surface area contributed by atoms with E-state index in [-0.39, 0.29) is 23.8 Å². The van der Waals surface area contributed by atoms with E-state index < -0.39 is 0 Å². The highest BCUT2D eigenvalue weighted by Gasteiger charge is 2.38. The first-order valence-electron chi connectivity index (χ1n) is 11.5. The molecule has 2 atom stereocenters. The third kappa shape index (κ3) is 4.96. The molecular formula is C24H33N5O3. The van der Waals surface area contributed by atoms with Crippen LogP contribution in [0.1, 0.15) is 38.2 Å². The number of hydrogen-bond acceptors (Lipinski definition) is 5. The van der Waals surface area contributed by atoms with Crippen LogP contribution in [-0.2, 0) is 16.1 Å². The SMILES string of the molecule is COc1ccc(-c2[nH]ncc2CN2CCCN(C(C)=O)C3CCCC3C(=O)NCC2)cc1. The normalized spacial score (nSPS) is 22.7. The zero-order valence-corrected chi connectivity index (χ0v) is 19.0. The van der Waals surface area contributed by atoms with Gasteiger partial charge in [0.1, 0.15) is 5.75 Å². The molecule has 2 unspecified atom stereocenters. The van der Waals surface area contributed by atoms with E-state index in [4.69, 9.17) is 4.74 Å². The molecule has 4 rings (SSSR count). The van der Waals surface area contributed by atoms with E-state index in [9.17, 15) is 9.59 Å². The third-order valence-electron chi connectivity index (χ3n) is 6.71. The molecule has 1 saturated carbocycles. The summed E-state index contributed by atoms with van der Waals surface area (Å²) in [6, 6.07) is 7.96. The third-order valence-corrected chi connectivity index (χ3v) is 6.71. The van der Waals surface area contributed by atoms with Gasteiger partial charge in [-0.3, -0.25) is 19.6 Å². The molecular weight excluding hydrogens is 406 g/mol. The number of nitrogens with one attached hydrogen (secondary N) is 2. The van der Waals surface area contributed by atoms with Gasteiger partial charge in [-0.1, -0.05) is 6.42 Å². The van der Waals surface area contributed by atoms with Crippen LogP contribution in [0.5, 0.6) is 5.75 Å². The Kier molecular flexibility index (Phi) is 7.09. The van der Waals surface area contributed by atoms with Crippen LogP contribution < -0.4 is 10.1 Å². The lowest BCUT2D eigenvalue weighted by atomic mass is 10.0. The van der Waals surface area contributed by atoms with E-state index in [1.807, 2.05) is 35.4 Å². The van der Waals surface area contributed by atoms with Crippen molar-refractivity contribution in [3.8, 4) is 17.0 Å². The summed E-state index contributed by atoms with van der Waals surface area (Å²) in [5.74, 6) is 0.887. The summed E-state index contributed by atoms with van der Waals surface area (Å²) in [6.45, 7) is 5.26. The Morgan fingerprint density at radius 1 is 1.16 bits per heavy atom. The Hall–Kier alpha value is -2.87. The molecule has 8 nitrogen and oxygen atoms in total. The molecule has 1 aromatic heterocycles. The molecule has 2 amide bonds. The fourth-order valence-electron chi connectivity index (χ4n) is 5.06. The average molecular weight is 440 g/mol. The Bertz CT molecular complexity index is 926. The van der Waals surface area contributed by atoms with Gasteiger partial charge in [-0.25, -0.2) is 0 Å². The first-order valence-corrected chi connectivity index (χ1v) is 11.5. The minimum absolute atomic E-state index is 0.0367. The maximum Gasteiger partial charge on any atom is 0.225 e. The minimum atomic E-state index is -0.0824. The predicted octanol–water partition coefficient (Wildman–Crippen LogP) is 2.42. The lowest BCUT2D eigenvalue weighted by Gasteiger charge is -2.31. The second kappa shape index (κ2) is 10.2. The monoisotopic (exact) mass is 439 g/mol. The molecule has 2 heterocycles. The van der Waals surface area contributed by atoms with Crippen LogP contribution in [0.25, 0.3) is 11.3 Å². The first kappa shape index (κ1) is 22.3. The predicted molar refractivity (Wildman–Crippen MR) is 122 cm³/mol. The number of hydrogen-bond donors (Lipinski definition) is 2. The van der Waals surface area contributed by atoms with Gasteiger partial charge in [-0.05, 0) is 43.5 Å². The van der Waals surface area contributed by atoms with Gasteiger partial charge >= 0.3 is 0 Å². The molecule has 1 aliphatic carbocycles. The van der Waals surface area contributed by atoms with Crippen molar-refractivity contribution in [1.29, 1.82) is 0 Å². The van der Waals surface area contributed by atoms with E-state index in [1.54, 1.807) is 14.0 Å². The van der Waals surface area contributed by atoms with Crippen LogP contribution in [-0.4, -0.2) is 71.1 Å². The Balaban J connectivity index is 1.47. The van der Waals surface area contributed by atoms with Gasteiger partial charge < -0.3 is 15.0 Å². The number of carbonyl (C=O) groups excluding carboxylic acids is 2. The van der Waals surface area contributed by atoms with Crippen molar-refractivity contribution in [2.45, 2.75) is 45.2 Å². The Morgan fingerprint density at radius 2 is 1.97 bits per heavy atom. The number of rotatable bonds is 4. The Labute approximate surface area is 189 Å². The number of aromatic amines is 1. The van der Waals surface area contributed by atoms with Gasteiger partial charge in [0.25, 0.3) is 0 Å². The van der Waals surface area contributed by atoms with Crippen molar-refractivity contribution in [3.05, 3.63) is 36.0 Å². The van der Waals surface area contributed by atoms with Gasteiger partial charge in [0.2, 0.25) is 11.8 Å². The second-order valence-electron chi connectivity index (χ2n) is 8.74. The molecule has 0 radical (unpaired) electrons. The standard InChI is InChI=1S/C24H33N5O3/c1-17(30)29-13-4-12-28(14-11-25-24(31)21-5-3-6-22(21)29)16-19-15-26-27-23(19)18-7-9-20(32-2)10-8-18/h7-10,15,21-22H,3-6,11-14,16H2,1-2H3,(H,25,31)(H,26,27). The summed E-state index contributed by atoms with van der Waals surface area (Å²) < 4.78 is 5.26. The van der Waals surface area contributed by atoms with Gasteiger partial charge in [0.15, 0.2) is 0 Å². The molecule has 2 N–H and O–H groups in total. The highest BCUT2D eigenvalue weighted by molar-refractivity contribution is 5.81. The van der Waals surface area contributed by atoms with E-state index in [0.29, 0.717) is 13.1 Å². The molecule has 2 fully saturated rings. The minimum Gasteiger partial charge on any atom is -0.497 e. The van der Waals surface area contributed by atoms with Crippen molar-refractivity contribution >= 4 is 11.8 Å². The van der Waals surface area contributed by atoms with E-state index >= 15 is 0 Å². The molecule has 2 aliphatic rings. The largest absolute Gasteiger partial charge is 0.497 e. The topological polar surface area (TPSA) is 90.6 Å². The van der Waals surface area contributed by atoms with Crippen LogP contribution in [0.2, 0.25) is 0 Å².